The van der Waals surface area contributed by atoms with Gasteiger partial charge in [0.15, 0.2) is 11.4 Å². The Morgan fingerprint density at radius 1 is 1.10 bits per heavy atom. The molecule has 0 bridgehead atoms. The summed E-state index contributed by atoms with van der Waals surface area (Å²) in [5.41, 5.74) is -2.46. The molecule has 0 spiro atoms. The van der Waals surface area contributed by atoms with Crippen LogP contribution in [0, 0.1) is 0 Å². The number of aromatic amines is 1. The zero-order valence-electron chi connectivity index (χ0n) is 16.0. The topological polar surface area (TPSA) is 107 Å². The summed E-state index contributed by atoms with van der Waals surface area (Å²) in [6.07, 6.45) is 0.947. The highest BCUT2D eigenvalue weighted by atomic mass is 19.4. The van der Waals surface area contributed by atoms with Gasteiger partial charge in [0.05, 0.1) is 30.1 Å². The maximum Gasteiger partial charge on any atom is 0.422 e. The molecule has 3 aliphatic rings. The Morgan fingerprint density at radius 3 is 2.37 bits per heavy atom. The third kappa shape index (κ3) is 3.11. The van der Waals surface area contributed by atoms with Crippen LogP contribution in [0.1, 0.15) is 61.0 Å². The summed E-state index contributed by atoms with van der Waals surface area (Å²) in [5.74, 6) is -0.0548. The molecule has 1 saturated heterocycles. The first-order chi connectivity index (χ1) is 14.3. The lowest BCUT2D eigenvalue weighted by Crippen LogP contribution is -2.48. The van der Waals surface area contributed by atoms with Gasteiger partial charge in [-0.15, -0.1) is 0 Å². The smallest absolute Gasteiger partial charge is 0.376 e. The predicted octanol–water partition coefficient (Wildman–Crippen LogP) is 2.55. The molecule has 1 saturated carbocycles. The van der Waals surface area contributed by atoms with Crippen LogP contribution in [-0.4, -0.2) is 50.4 Å². The number of halogens is 3. The second-order valence-corrected chi connectivity index (χ2v) is 8.28. The number of rotatable bonds is 3. The number of aliphatic hydroxyl groups is 1. The lowest BCUT2D eigenvalue weighted by atomic mass is 9.81. The highest BCUT2D eigenvalue weighted by molar-refractivity contribution is 5.94. The molecule has 1 amide bonds. The summed E-state index contributed by atoms with van der Waals surface area (Å²) < 4.78 is 41.1. The first-order valence-electron chi connectivity index (χ1n) is 10.0. The summed E-state index contributed by atoms with van der Waals surface area (Å²) in [6.45, 7) is 1.23. The van der Waals surface area contributed by atoms with Gasteiger partial charge in [-0.2, -0.15) is 18.3 Å². The molecule has 5 rings (SSSR count). The minimum Gasteiger partial charge on any atom is -0.376 e. The van der Waals surface area contributed by atoms with Gasteiger partial charge in [0.2, 0.25) is 5.91 Å². The molecular formula is C19H21F3N6O2. The lowest BCUT2D eigenvalue weighted by molar-refractivity contribution is -0.267. The van der Waals surface area contributed by atoms with Crippen LogP contribution in [0.4, 0.5) is 24.7 Å². The molecule has 2 aliphatic heterocycles. The number of amides is 1. The van der Waals surface area contributed by atoms with Crippen molar-refractivity contribution in [3.63, 3.8) is 0 Å². The third-order valence-corrected chi connectivity index (χ3v) is 6.22. The van der Waals surface area contributed by atoms with Crippen molar-refractivity contribution in [2.24, 2.45) is 0 Å². The van der Waals surface area contributed by atoms with Crippen LogP contribution >= 0.6 is 0 Å². The molecule has 1 aliphatic carbocycles. The fraction of sp³-hybridized carbons (Fsp3) is 0.579. The van der Waals surface area contributed by atoms with Gasteiger partial charge >= 0.3 is 6.18 Å². The van der Waals surface area contributed by atoms with E-state index in [1.807, 2.05) is 0 Å². The molecule has 2 aromatic heterocycles. The van der Waals surface area contributed by atoms with Crippen molar-refractivity contribution in [2.45, 2.75) is 55.7 Å². The van der Waals surface area contributed by atoms with Gasteiger partial charge in [-0.25, -0.2) is 9.97 Å². The fourth-order valence-electron chi connectivity index (χ4n) is 4.37. The molecule has 2 aromatic rings. The Bertz CT molecular complexity index is 964. The molecular weight excluding hydrogens is 401 g/mol. The van der Waals surface area contributed by atoms with Crippen LogP contribution in [0.25, 0.3) is 0 Å². The quantitative estimate of drug-likeness (QED) is 0.702. The Kier molecular flexibility index (Phi) is 4.28. The molecule has 4 heterocycles. The molecule has 0 aromatic carbocycles. The Labute approximate surface area is 169 Å². The van der Waals surface area contributed by atoms with E-state index >= 15 is 0 Å². The zero-order valence-corrected chi connectivity index (χ0v) is 16.0. The maximum absolute atomic E-state index is 13.7. The van der Waals surface area contributed by atoms with E-state index in [-0.39, 0.29) is 23.0 Å². The molecule has 160 valence electrons. The summed E-state index contributed by atoms with van der Waals surface area (Å²) in [6, 6.07) is 0. The van der Waals surface area contributed by atoms with Crippen molar-refractivity contribution in [1.29, 1.82) is 0 Å². The Hall–Kier alpha value is -2.69. The molecule has 11 heteroatoms. The van der Waals surface area contributed by atoms with E-state index in [1.165, 1.54) is 0 Å². The molecule has 1 unspecified atom stereocenters. The third-order valence-electron chi connectivity index (χ3n) is 6.22. The largest absolute Gasteiger partial charge is 0.422 e. The van der Waals surface area contributed by atoms with Gasteiger partial charge in [-0.3, -0.25) is 9.89 Å². The summed E-state index contributed by atoms with van der Waals surface area (Å²) >= 11 is 0. The number of piperidine rings is 1. The first-order valence-corrected chi connectivity index (χ1v) is 10.0. The highest BCUT2D eigenvalue weighted by Gasteiger charge is 2.61. The lowest BCUT2D eigenvalue weighted by Gasteiger charge is -2.37. The molecule has 8 nitrogen and oxygen atoms in total. The van der Waals surface area contributed by atoms with Crippen LogP contribution in [0.2, 0.25) is 0 Å². The number of carbonyl (C=O) groups is 1. The van der Waals surface area contributed by atoms with Crippen molar-refractivity contribution in [2.75, 3.05) is 23.3 Å². The molecule has 30 heavy (non-hydrogen) atoms. The Balaban J connectivity index is 1.35. The van der Waals surface area contributed by atoms with Crippen LogP contribution in [0.15, 0.2) is 12.4 Å². The number of nitrogens with one attached hydrogen (secondary N) is 2. The van der Waals surface area contributed by atoms with E-state index in [0.717, 1.165) is 24.4 Å². The summed E-state index contributed by atoms with van der Waals surface area (Å²) in [7, 11) is 0. The van der Waals surface area contributed by atoms with E-state index in [2.05, 4.69) is 30.4 Å². The monoisotopic (exact) mass is 422 g/mol. The number of hydrogen-bond acceptors (Lipinski definition) is 6. The average molecular weight is 422 g/mol. The van der Waals surface area contributed by atoms with Crippen molar-refractivity contribution >= 4 is 17.4 Å². The van der Waals surface area contributed by atoms with E-state index in [4.69, 9.17) is 0 Å². The van der Waals surface area contributed by atoms with Crippen molar-refractivity contribution < 1.29 is 23.1 Å². The number of H-pyrrole nitrogens is 1. The van der Waals surface area contributed by atoms with Crippen LogP contribution in [0.3, 0.4) is 0 Å². The molecule has 3 N–H and O–H groups in total. The van der Waals surface area contributed by atoms with Crippen molar-refractivity contribution in [1.82, 2.24) is 20.2 Å². The van der Waals surface area contributed by atoms with Crippen molar-refractivity contribution in [3.8, 4) is 0 Å². The fourth-order valence-corrected chi connectivity index (χ4v) is 4.37. The average Bonchev–Trinajstić information content (AvgIpc) is 3.47. The van der Waals surface area contributed by atoms with Crippen LogP contribution < -0.4 is 10.2 Å². The SMILES string of the molecule is O=C1CC(O)(C(F)(F)F)c2c(n[nH]c2C2CCN(c3cnc(C4CC4)nc3)CC2)N1. The minimum atomic E-state index is -4.99. The summed E-state index contributed by atoms with van der Waals surface area (Å²) in [5, 5.41) is 19.3. The van der Waals surface area contributed by atoms with Gasteiger partial charge in [0.1, 0.15) is 5.82 Å². The van der Waals surface area contributed by atoms with Gasteiger partial charge in [-0.05, 0) is 25.7 Å². The number of nitrogens with zero attached hydrogens (tertiary/aromatic N) is 4. The van der Waals surface area contributed by atoms with Gasteiger partial charge in [0.25, 0.3) is 0 Å². The second kappa shape index (κ2) is 6.66. The standard InChI is InChI=1S/C19H21F3N6O2/c20-19(21,22)18(30)7-13(29)25-17-14(18)15(26-27-17)10-3-5-28(6-4-10)12-8-23-16(24-9-12)11-1-2-11/h8-11,30H,1-7H2,(H2,25,26,27,29). The zero-order chi connectivity index (χ0) is 21.1. The minimum absolute atomic E-state index is 0.241. The van der Waals surface area contributed by atoms with Crippen LogP contribution in [-0.2, 0) is 10.4 Å². The van der Waals surface area contributed by atoms with Gasteiger partial charge < -0.3 is 15.3 Å². The number of alkyl halides is 3. The second-order valence-electron chi connectivity index (χ2n) is 8.28. The van der Waals surface area contributed by atoms with E-state index in [1.54, 1.807) is 12.4 Å². The van der Waals surface area contributed by atoms with Crippen molar-refractivity contribution in [3.05, 3.63) is 29.5 Å². The number of carbonyl (C=O) groups excluding carboxylic acids is 1. The number of hydrogen-bond donors (Lipinski definition) is 3. The molecule has 2 fully saturated rings. The van der Waals surface area contributed by atoms with Gasteiger partial charge in [-0.1, -0.05) is 0 Å². The van der Waals surface area contributed by atoms with Gasteiger partial charge in [0, 0.05) is 30.6 Å². The maximum atomic E-state index is 13.7. The normalized spacial score (nSPS) is 25.2. The van der Waals surface area contributed by atoms with E-state index in [0.29, 0.717) is 31.8 Å². The number of fused-ring (bicyclic) bond motifs is 1. The molecule has 0 radical (unpaired) electrons. The predicted molar refractivity (Wildman–Crippen MR) is 100.0 cm³/mol. The number of aromatic nitrogens is 4. The van der Waals surface area contributed by atoms with Crippen LogP contribution in [0.5, 0.6) is 0 Å². The first kappa shape index (κ1) is 19.3. The highest BCUT2D eigenvalue weighted by Crippen LogP contribution is 2.49. The summed E-state index contributed by atoms with van der Waals surface area (Å²) in [4.78, 5) is 22.7. The van der Waals surface area contributed by atoms with E-state index < -0.39 is 24.1 Å². The van der Waals surface area contributed by atoms with E-state index in [9.17, 15) is 23.1 Å². The number of anilines is 2. The Morgan fingerprint density at radius 2 is 1.77 bits per heavy atom. The molecule has 1 atom stereocenters.